The second-order valence-corrected chi connectivity index (χ2v) is 4.45. The predicted molar refractivity (Wildman–Crippen MR) is 76.9 cm³/mol. The van der Waals surface area contributed by atoms with Crippen molar-refractivity contribution in [2.45, 2.75) is 40.0 Å². The fourth-order valence-electron chi connectivity index (χ4n) is 1.95. The molecule has 0 fully saturated rings. The molecule has 0 atom stereocenters. The van der Waals surface area contributed by atoms with E-state index < -0.39 is 0 Å². The van der Waals surface area contributed by atoms with Gasteiger partial charge in [0.15, 0.2) is 0 Å². The lowest BCUT2D eigenvalue weighted by Crippen LogP contribution is -2.25. The van der Waals surface area contributed by atoms with Crippen LogP contribution in [0.5, 0.6) is 0 Å². The largest absolute Gasteiger partial charge is 0.370 e. The summed E-state index contributed by atoms with van der Waals surface area (Å²) in [4.78, 5) is 10.9. The maximum Gasteiger partial charge on any atom is 0.129 e. The highest BCUT2D eigenvalue weighted by Crippen LogP contribution is 2.06. The molecule has 18 heavy (non-hydrogen) atoms. The minimum atomic E-state index is 0.952. The zero-order valence-electron chi connectivity index (χ0n) is 11.9. The van der Waals surface area contributed by atoms with E-state index in [0.29, 0.717) is 0 Å². The number of hydrogen-bond donors (Lipinski definition) is 1. The first-order chi connectivity index (χ1) is 8.80. The van der Waals surface area contributed by atoms with Crippen LogP contribution < -0.4 is 5.32 Å². The van der Waals surface area contributed by atoms with E-state index in [1.165, 1.54) is 0 Å². The third-order valence-electron chi connectivity index (χ3n) is 3.08. The maximum absolute atomic E-state index is 4.25. The van der Waals surface area contributed by atoms with E-state index >= 15 is 0 Å². The van der Waals surface area contributed by atoms with E-state index in [4.69, 9.17) is 0 Å². The number of aryl methyl sites for hydroxylation is 1. The van der Waals surface area contributed by atoms with Crippen LogP contribution in [0.1, 0.15) is 39.3 Å². The minimum absolute atomic E-state index is 0.952. The van der Waals surface area contributed by atoms with Crippen molar-refractivity contribution in [2.24, 2.45) is 0 Å². The van der Waals surface area contributed by atoms with Crippen molar-refractivity contribution in [3.8, 4) is 0 Å². The fourth-order valence-corrected chi connectivity index (χ4v) is 1.95. The molecule has 0 unspecified atom stereocenters. The molecular formula is C14H26N4. The summed E-state index contributed by atoms with van der Waals surface area (Å²) in [5.41, 5.74) is 1.12. The molecule has 0 amide bonds. The lowest BCUT2D eigenvalue weighted by Gasteiger charge is -2.17. The van der Waals surface area contributed by atoms with Crippen LogP contribution in [0.15, 0.2) is 12.4 Å². The second kappa shape index (κ2) is 8.86. The van der Waals surface area contributed by atoms with Crippen LogP contribution >= 0.6 is 0 Å². The van der Waals surface area contributed by atoms with Crippen LogP contribution in [0.25, 0.3) is 0 Å². The summed E-state index contributed by atoms with van der Waals surface area (Å²) in [5, 5.41) is 3.37. The molecule has 102 valence electrons. The van der Waals surface area contributed by atoms with Gasteiger partial charge in [-0.1, -0.05) is 27.2 Å². The zero-order valence-corrected chi connectivity index (χ0v) is 11.9. The van der Waals surface area contributed by atoms with Gasteiger partial charge in [0.2, 0.25) is 0 Å². The topological polar surface area (TPSA) is 41.0 Å². The summed E-state index contributed by atoms with van der Waals surface area (Å²) < 4.78 is 0. The quantitative estimate of drug-likeness (QED) is 0.684. The normalized spacial score (nSPS) is 10.9. The predicted octanol–water partition coefficient (Wildman–Crippen LogP) is 2.57. The molecule has 0 aromatic carbocycles. The van der Waals surface area contributed by atoms with Gasteiger partial charge in [-0.3, -0.25) is 0 Å². The van der Waals surface area contributed by atoms with Gasteiger partial charge in [-0.15, -0.1) is 0 Å². The van der Waals surface area contributed by atoms with E-state index in [1.807, 2.05) is 0 Å². The molecule has 0 saturated heterocycles. The average molecular weight is 250 g/mol. The van der Waals surface area contributed by atoms with Gasteiger partial charge in [0, 0.05) is 18.3 Å². The first-order valence-corrected chi connectivity index (χ1v) is 7.07. The number of nitrogens with zero attached hydrogens (tertiary/aromatic N) is 3. The van der Waals surface area contributed by atoms with Crippen LogP contribution in [0.2, 0.25) is 0 Å². The Morgan fingerprint density at radius 3 is 2.61 bits per heavy atom. The summed E-state index contributed by atoms with van der Waals surface area (Å²) in [6, 6.07) is 2.06. The monoisotopic (exact) mass is 250 g/mol. The fraction of sp³-hybridized carbons (Fsp3) is 0.714. The molecule has 1 heterocycles. The summed E-state index contributed by atoms with van der Waals surface area (Å²) >= 11 is 0. The number of nitrogens with one attached hydrogen (secondary N) is 1. The summed E-state index contributed by atoms with van der Waals surface area (Å²) in [6.07, 6.45) is 4.95. The van der Waals surface area contributed by atoms with Gasteiger partial charge >= 0.3 is 0 Å². The van der Waals surface area contributed by atoms with Crippen molar-refractivity contribution < 1.29 is 0 Å². The van der Waals surface area contributed by atoms with E-state index in [0.717, 1.165) is 57.0 Å². The molecular weight excluding hydrogens is 224 g/mol. The highest BCUT2D eigenvalue weighted by atomic mass is 15.1. The number of rotatable bonds is 9. The second-order valence-electron chi connectivity index (χ2n) is 4.45. The Labute approximate surface area is 111 Å². The third kappa shape index (κ3) is 5.45. The molecule has 0 spiro atoms. The van der Waals surface area contributed by atoms with E-state index in [-0.39, 0.29) is 0 Å². The van der Waals surface area contributed by atoms with Gasteiger partial charge in [0.25, 0.3) is 0 Å². The van der Waals surface area contributed by atoms with Crippen molar-refractivity contribution >= 4 is 5.82 Å². The van der Waals surface area contributed by atoms with Gasteiger partial charge in [0.05, 0.1) is 0 Å². The number of aromatic nitrogens is 2. The highest BCUT2D eigenvalue weighted by Gasteiger charge is 2.00. The standard InChI is InChI=1S/C14H26N4/c1-4-8-13-11-14(17-12-16-13)15-9-7-10-18(5-2)6-3/h11-12H,4-10H2,1-3H3,(H,15,16,17). The minimum Gasteiger partial charge on any atom is -0.370 e. The molecule has 0 radical (unpaired) electrons. The molecule has 1 aromatic heterocycles. The molecule has 0 bridgehead atoms. The molecule has 1 aromatic rings. The first-order valence-electron chi connectivity index (χ1n) is 7.07. The van der Waals surface area contributed by atoms with Crippen LogP contribution in [0, 0.1) is 0 Å². The van der Waals surface area contributed by atoms with Crippen molar-refractivity contribution in [3.63, 3.8) is 0 Å². The Morgan fingerprint density at radius 2 is 1.94 bits per heavy atom. The van der Waals surface area contributed by atoms with Crippen LogP contribution in [0.4, 0.5) is 5.82 Å². The van der Waals surface area contributed by atoms with Gasteiger partial charge in [-0.05, 0) is 32.5 Å². The van der Waals surface area contributed by atoms with Gasteiger partial charge in [-0.2, -0.15) is 0 Å². The van der Waals surface area contributed by atoms with Gasteiger partial charge in [0.1, 0.15) is 12.1 Å². The van der Waals surface area contributed by atoms with Crippen molar-refractivity contribution in [2.75, 3.05) is 31.5 Å². The van der Waals surface area contributed by atoms with Crippen LogP contribution in [-0.2, 0) is 6.42 Å². The summed E-state index contributed by atoms with van der Waals surface area (Å²) in [5.74, 6) is 0.952. The Morgan fingerprint density at radius 1 is 1.17 bits per heavy atom. The van der Waals surface area contributed by atoms with Crippen molar-refractivity contribution in [1.29, 1.82) is 0 Å². The van der Waals surface area contributed by atoms with E-state index in [1.54, 1.807) is 6.33 Å². The maximum atomic E-state index is 4.25. The van der Waals surface area contributed by atoms with Crippen molar-refractivity contribution in [3.05, 3.63) is 18.1 Å². The van der Waals surface area contributed by atoms with Crippen molar-refractivity contribution in [1.82, 2.24) is 14.9 Å². The Balaban J connectivity index is 2.28. The summed E-state index contributed by atoms with van der Waals surface area (Å²) in [7, 11) is 0. The SMILES string of the molecule is CCCc1cc(NCCCN(CC)CC)ncn1. The molecule has 1 N–H and O–H groups in total. The number of hydrogen-bond acceptors (Lipinski definition) is 4. The molecule has 0 aliphatic heterocycles. The average Bonchev–Trinajstić information content (AvgIpc) is 2.40. The zero-order chi connectivity index (χ0) is 13.2. The first kappa shape index (κ1) is 14.9. The summed E-state index contributed by atoms with van der Waals surface area (Å²) in [6.45, 7) is 11.0. The lowest BCUT2D eigenvalue weighted by molar-refractivity contribution is 0.303. The Kier molecular flexibility index (Phi) is 7.34. The highest BCUT2D eigenvalue weighted by molar-refractivity contribution is 5.34. The van der Waals surface area contributed by atoms with Gasteiger partial charge in [-0.25, -0.2) is 9.97 Å². The molecule has 4 nitrogen and oxygen atoms in total. The molecule has 1 rings (SSSR count). The van der Waals surface area contributed by atoms with Crippen LogP contribution in [0.3, 0.4) is 0 Å². The smallest absolute Gasteiger partial charge is 0.129 e. The number of anilines is 1. The molecule has 0 aliphatic carbocycles. The van der Waals surface area contributed by atoms with E-state index in [2.05, 4.69) is 47.0 Å². The van der Waals surface area contributed by atoms with Gasteiger partial charge < -0.3 is 10.2 Å². The third-order valence-corrected chi connectivity index (χ3v) is 3.08. The molecule has 4 heteroatoms. The Bertz CT molecular complexity index is 323. The molecule has 0 saturated carbocycles. The Hall–Kier alpha value is -1.16. The van der Waals surface area contributed by atoms with E-state index in [9.17, 15) is 0 Å². The lowest BCUT2D eigenvalue weighted by atomic mass is 10.2. The molecule has 0 aliphatic rings. The van der Waals surface area contributed by atoms with Crippen LogP contribution in [-0.4, -0.2) is 41.0 Å².